The minimum atomic E-state index is -0.278. The molecule has 8 heteroatoms. The standard InChI is InChI=1S/C24H22FN3O2S2/c1-14-3-6-17(11-15(14)2)19-12-31-23-21(19)22(30)27-24(28-23)32-13-20(29)26-10-9-16-4-7-18(25)8-5-16/h3-8,11-12H,9-10,13H2,1-2H3,(H,26,29)(H,27,28,30). The van der Waals surface area contributed by atoms with E-state index in [2.05, 4.69) is 41.3 Å². The summed E-state index contributed by atoms with van der Waals surface area (Å²) in [7, 11) is 0. The number of carbonyl (C=O) groups excluding carboxylic acids is 1. The van der Waals surface area contributed by atoms with E-state index in [1.165, 1.54) is 46.4 Å². The topological polar surface area (TPSA) is 74.8 Å². The maximum Gasteiger partial charge on any atom is 0.260 e. The number of thioether (sulfide) groups is 1. The van der Waals surface area contributed by atoms with Gasteiger partial charge in [-0.25, -0.2) is 9.37 Å². The highest BCUT2D eigenvalue weighted by Gasteiger charge is 2.14. The highest BCUT2D eigenvalue weighted by molar-refractivity contribution is 7.99. The quantitative estimate of drug-likeness (QED) is 0.301. The molecule has 0 saturated carbocycles. The first-order chi connectivity index (χ1) is 15.4. The van der Waals surface area contributed by atoms with Crippen LogP contribution < -0.4 is 10.9 Å². The molecule has 1 amide bonds. The van der Waals surface area contributed by atoms with Crippen molar-refractivity contribution in [1.29, 1.82) is 0 Å². The van der Waals surface area contributed by atoms with Crippen LogP contribution >= 0.6 is 23.1 Å². The van der Waals surface area contributed by atoms with Crippen molar-refractivity contribution in [3.63, 3.8) is 0 Å². The van der Waals surface area contributed by atoms with Crippen molar-refractivity contribution in [1.82, 2.24) is 15.3 Å². The largest absolute Gasteiger partial charge is 0.355 e. The Labute approximate surface area is 193 Å². The van der Waals surface area contributed by atoms with Gasteiger partial charge in [0.25, 0.3) is 5.56 Å². The molecule has 2 N–H and O–H groups in total. The van der Waals surface area contributed by atoms with E-state index in [9.17, 15) is 14.0 Å². The zero-order chi connectivity index (χ0) is 22.7. The Kier molecular flexibility index (Phi) is 6.72. The highest BCUT2D eigenvalue weighted by Crippen LogP contribution is 2.32. The first-order valence-electron chi connectivity index (χ1n) is 10.1. The summed E-state index contributed by atoms with van der Waals surface area (Å²) >= 11 is 2.62. The van der Waals surface area contributed by atoms with Gasteiger partial charge in [0, 0.05) is 17.5 Å². The second-order valence-corrected chi connectivity index (χ2v) is 9.34. The van der Waals surface area contributed by atoms with Crippen molar-refractivity contribution in [3.05, 3.63) is 80.7 Å². The Hall–Kier alpha value is -2.97. The molecule has 4 aromatic rings. The molecule has 5 nitrogen and oxygen atoms in total. The van der Waals surface area contributed by atoms with Crippen LogP contribution in [0.1, 0.15) is 16.7 Å². The van der Waals surface area contributed by atoms with Crippen LogP contribution in [0.5, 0.6) is 0 Å². The van der Waals surface area contributed by atoms with Gasteiger partial charge in [0.2, 0.25) is 5.91 Å². The van der Waals surface area contributed by atoms with E-state index < -0.39 is 0 Å². The number of benzene rings is 2. The van der Waals surface area contributed by atoms with Gasteiger partial charge in [0.15, 0.2) is 5.16 Å². The van der Waals surface area contributed by atoms with Crippen molar-refractivity contribution in [2.45, 2.75) is 25.4 Å². The summed E-state index contributed by atoms with van der Waals surface area (Å²) in [5, 5.41) is 5.78. The third-order valence-electron chi connectivity index (χ3n) is 5.23. The molecular formula is C24H22FN3O2S2. The highest BCUT2D eigenvalue weighted by atomic mass is 32.2. The Morgan fingerprint density at radius 1 is 1.16 bits per heavy atom. The number of aryl methyl sites for hydroxylation is 2. The molecule has 0 unspecified atom stereocenters. The number of thiophene rings is 1. The van der Waals surface area contributed by atoms with Crippen molar-refractivity contribution in [2.24, 2.45) is 0 Å². The first kappa shape index (κ1) is 22.2. The van der Waals surface area contributed by atoms with E-state index in [0.29, 0.717) is 28.3 Å². The average Bonchev–Trinajstić information content (AvgIpc) is 3.20. The number of rotatable bonds is 7. The maximum absolute atomic E-state index is 12.9. The van der Waals surface area contributed by atoms with Gasteiger partial charge in [-0.3, -0.25) is 9.59 Å². The lowest BCUT2D eigenvalue weighted by Crippen LogP contribution is -2.27. The minimum absolute atomic E-state index is 0.146. The monoisotopic (exact) mass is 467 g/mol. The van der Waals surface area contributed by atoms with Gasteiger partial charge < -0.3 is 10.3 Å². The number of nitrogens with zero attached hydrogens (tertiary/aromatic N) is 1. The van der Waals surface area contributed by atoms with Gasteiger partial charge >= 0.3 is 0 Å². The van der Waals surface area contributed by atoms with Crippen LogP contribution in [0.3, 0.4) is 0 Å². The predicted molar refractivity (Wildman–Crippen MR) is 129 cm³/mol. The number of aromatic amines is 1. The second kappa shape index (κ2) is 9.67. The molecule has 0 aliphatic rings. The molecule has 0 fully saturated rings. The molecule has 0 aliphatic heterocycles. The lowest BCUT2D eigenvalue weighted by Gasteiger charge is -2.06. The Balaban J connectivity index is 1.39. The summed E-state index contributed by atoms with van der Waals surface area (Å²) in [6.45, 7) is 4.56. The zero-order valence-corrected chi connectivity index (χ0v) is 19.3. The molecule has 2 aromatic heterocycles. The van der Waals surface area contributed by atoms with Crippen LogP contribution in [-0.2, 0) is 11.2 Å². The second-order valence-electron chi connectivity index (χ2n) is 7.51. The van der Waals surface area contributed by atoms with Gasteiger partial charge in [-0.05, 0) is 54.7 Å². The van der Waals surface area contributed by atoms with Gasteiger partial charge in [0.1, 0.15) is 10.6 Å². The SMILES string of the molecule is Cc1ccc(-c2csc3nc(SCC(=O)NCCc4ccc(F)cc4)[nH]c(=O)c23)cc1C. The number of nitrogens with one attached hydrogen (secondary N) is 2. The molecule has 2 heterocycles. The van der Waals surface area contributed by atoms with E-state index in [4.69, 9.17) is 0 Å². The fraction of sp³-hybridized carbons (Fsp3) is 0.208. The number of hydrogen-bond acceptors (Lipinski definition) is 5. The number of hydrogen-bond donors (Lipinski definition) is 2. The molecule has 0 bridgehead atoms. The molecule has 0 spiro atoms. The van der Waals surface area contributed by atoms with Crippen molar-refractivity contribution < 1.29 is 9.18 Å². The van der Waals surface area contributed by atoms with Crippen molar-refractivity contribution >= 4 is 39.2 Å². The zero-order valence-electron chi connectivity index (χ0n) is 17.7. The van der Waals surface area contributed by atoms with Gasteiger partial charge in [-0.2, -0.15) is 0 Å². The van der Waals surface area contributed by atoms with Crippen LogP contribution in [0.15, 0.2) is 57.8 Å². The number of carbonyl (C=O) groups is 1. The Morgan fingerprint density at radius 3 is 2.69 bits per heavy atom. The number of aromatic nitrogens is 2. The fourth-order valence-electron chi connectivity index (χ4n) is 3.30. The molecule has 0 radical (unpaired) electrons. The summed E-state index contributed by atoms with van der Waals surface area (Å²) in [6, 6.07) is 12.4. The van der Waals surface area contributed by atoms with Crippen molar-refractivity contribution in [2.75, 3.05) is 12.3 Å². The first-order valence-corrected chi connectivity index (χ1v) is 12.0. The van der Waals surface area contributed by atoms with Gasteiger partial charge in [0.05, 0.1) is 11.1 Å². The third kappa shape index (κ3) is 5.08. The van der Waals surface area contributed by atoms with Crippen LogP contribution in [0.25, 0.3) is 21.3 Å². The predicted octanol–water partition coefficient (Wildman–Crippen LogP) is 4.86. The van der Waals surface area contributed by atoms with Crippen LogP contribution in [0.2, 0.25) is 0 Å². The fourth-order valence-corrected chi connectivity index (χ4v) is 5.00. The van der Waals surface area contributed by atoms with Crippen LogP contribution in [0, 0.1) is 19.7 Å². The van der Waals surface area contributed by atoms with E-state index in [1.54, 1.807) is 12.1 Å². The average molecular weight is 468 g/mol. The summed E-state index contributed by atoms with van der Waals surface area (Å²) in [4.78, 5) is 32.9. The lowest BCUT2D eigenvalue weighted by molar-refractivity contribution is -0.118. The Bertz CT molecular complexity index is 1330. The molecule has 0 atom stereocenters. The number of amides is 1. The molecule has 164 valence electrons. The van der Waals surface area contributed by atoms with E-state index >= 15 is 0 Å². The van der Waals surface area contributed by atoms with Gasteiger partial charge in [-0.15, -0.1) is 11.3 Å². The maximum atomic E-state index is 12.9. The Morgan fingerprint density at radius 2 is 1.94 bits per heavy atom. The smallest absolute Gasteiger partial charge is 0.260 e. The molecule has 0 aliphatic carbocycles. The van der Waals surface area contributed by atoms with Crippen LogP contribution in [-0.4, -0.2) is 28.2 Å². The van der Waals surface area contributed by atoms with E-state index in [-0.39, 0.29) is 23.0 Å². The molecule has 32 heavy (non-hydrogen) atoms. The minimum Gasteiger partial charge on any atom is -0.355 e. The molecule has 0 saturated heterocycles. The lowest BCUT2D eigenvalue weighted by atomic mass is 10.0. The van der Waals surface area contributed by atoms with Crippen molar-refractivity contribution in [3.8, 4) is 11.1 Å². The normalized spacial score (nSPS) is 11.1. The molecule has 4 rings (SSSR count). The molecular weight excluding hydrogens is 445 g/mol. The summed E-state index contributed by atoms with van der Waals surface area (Å²) < 4.78 is 12.9. The molecule has 2 aromatic carbocycles. The third-order valence-corrected chi connectivity index (χ3v) is 6.97. The number of H-pyrrole nitrogens is 1. The van der Waals surface area contributed by atoms with Gasteiger partial charge in [-0.1, -0.05) is 42.1 Å². The van der Waals surface area contributed by atoms with Crippen LogP contribution in [0.4, 0.5) is 4.39 Å². The number of halogens is 1. The van der Waals surface area contributed by atoms with E-state index in [0.717, 1.165) is 16.7 Å². The van der Waals surface area contributed by atoms with E-state index in [1.807, 2.05) is 11.4 Å². The number of fused-ring (bicyclic) bond motifs is 1. The summed E-state index contributed by atoms with van der Waals surface area (Å²) in [5.41, 5.74) is 4.99. The summed E-state index contributed by atoms with van der Waals surface area (Å²) in [5.74, 6) is -0.283. The summed E-state index contributed by atoms with van der Waals surface area (Å²) in [6.07, 6.45) is 0.619.